The second-order valence-corrected chi connectivity index (χ2v) is 6.06. The van der Waals surface area contributed by atoms with Gasteiger partial charge in [0.2, 0.25) is 0 Å². The zero-order valence-corrected chi connectivity index (χ0v) is 12.0. The fraction of sp³-hybridized carbons (Fsp3) is 0.462. The van der Waals surface area contributed by atoms with E-state index >= 15 is 0 Å². The Hall–Kier alpha value is -1.07. The van der Waals surface area contributed by atoms with Crippen LogP contribution >= 0.6 is 15.9 Å². The molecule has 0 spiro atoms. The molecule has 0 bridgehead atoms. The molecule has 4 nitrogen and oxygen atoms in total. The highest BCUT2D eigenvalue weighted by Crippen LogP contribution is 2.42. The first-order chi connectivity index (χ1) is 8.30. The summed E-state index contributed by atoms with van der Waals surface area (Å²) in [5.41, 5.74) is 7.35. The number of hydrogen-bond acceptors (Lipinski definition) is 3. The van der Waals surface area contributed by atoms with Crippen molar-refractivity contribution in [2.24, 2.45) is 5.73 Å². The van der Waals surface area contributed by atoms with Crippen LogP contribution in [0.25, 0.3) is 0 Å². The van der Waals surface area contributed by atoms with Gasteiger partial charge >= 0.3 is 5.97 Å². The van der Waals surface area contributed by atoms with E-state index in [2.05, 4.69) is 15.9 Å². The monoisotopic (exact) mass is 313 g/mol. The number of nitrogens with two attached hydrogens (primary N) is 1. The van der Waals surface area contributed by atoms with Crippen LogP contribution in [0.3, 0.4) is 0 Å². The van der Waals surface area contributed by atoms with Crippen molar-refractivity contribution in [2.75, 3.05) is 0 Å². The number of carboxylic acids is 1. The Morgan fingerprint density at radius 2 is 2.28 bits per heavy atom. The van der Waals surface area contributed by atoms with Gasteiger partial charge in [-0.3, -0.25) is 4.79 Å². The van der Waals surface area contributed by atoms with Gasteiger partial charge in [-0.05, 0) is 47.8 Å². The van der Waals surface area contributed by atoms with Crippen LogP contribution in [0, 0.1) is 0 Å². The summed E-state index contributed by atoms with van der Waals surface area (Å²) in [5, 5.41) is 8.88. The summed E-state index contributed by atoms with van der Waals surface area (Å²) in [4.78, 5) is 10.8. The SMILES string of the molecule is CC1(C)Cc2c(CC(N)C(=O)O)ccc(Br)c2O1. The molecule has 18 heavy (non-hydrogen) atoms. The number of hydrogen-bond donors (Lipinski definition) is 2. The molecule has 0 amide bonds. The average molecular weight is 314 g/mol. The first-order valence-electron chi connectivity index (χ1n) is 5.78. The van der Waals surface area contributed by atoms with Crippen LogP contribution in [0.15, 0.2) is 16.6 Å². The highest BCUT2D eigenvalue weighted by Gasteiger charge is 2.33. The van der Waals surface area contributed by atoms with Crippen molar-refractivity contribution in [3.8, 4) is 5.75 Å². The van der Waals surface area contributed by atoms with Gasteiger partial charge in [0.05, 0.1) is 4.47 Å². The Bertz CT molecular complexity index is 499. The summed E-state index contributed by atoms with van der Waals surface area (Å²) in [5.74, 6) is -0.167. The zero-order valence-electron chi connectivity index (χ0n) is 10.4. The third kappa shape index (κ3) is 2.52. The molecule has 0 aliphatic carbocycles. The summed E-state index contributed by atoms with van der Waals surface area (Å²) in [6, 6.07) is 2.92. The van der Waals surface area contributed by atoms with E-state index in [1.807, 2.05) is 26.0 Å². The molecule has 2 rings (SSSR count). The minimum atomic E-state index is -0.982. The maximum atomic E-state index is 10.8. The largest absolute Gasteiger partial charge is 0.486 e. The molecule has 3 N–H and O–H groups in total. The van der Waals surface area contributed by atoms with Gasteiger partial charge in [0.1, 0.15) is 17.4 Å². The van der Waals surface area contributed by atoms with E-state index in [1.54, 1.807) is 0 Å². The summed E-state index contributed by atoms with van der Waals surface area (Å²) in [6.45, 7) is 4.03. The van der Waals surface area contributed by atoms with Gasteiger partial charge < -0.3 is 15.6 Å². The van der Waals surface area contributed by atoms with Crippen molar-refractivity contribution >= 4 is 21.9 Å². The fourth-order valence-corrected chi connectivity index (χ4v) is 2.65. The van der Waals surface area contributed by atoms with Crippen LogP contribution < -0.4 is 10.5 Å². The predicted molar refractivity (Wildman–Crippen MR) is 71.9 cm³/mol. The summed E-state index contributed by atoms with van der Waals surface area (Å²) in [7, 11) is 0. The van der Waals surface area contributed by atoms with E-state index in [0.717, 1.165) is 27.8 Å². The summed E-state index contributed by atoms with van der Waals surface area (Å²) < 4.78 is 6.77. The van der Waals surface area contributed by atoms with E-state index in [4.69, 9.17) is 15.6 Å². The lowest BCUT2D eigenvalue weighted by Gasteiger charge is -2.17. The number of halogens is 1. The number of benzene rings is 1. The molecule has 1 unspecified atom stereocenters. The summed E-state index contributed by atoms with van der Waals surface area (Å²) in [6.07, 6.45) is 1.09. The predicted octanol–water partition coefficient (Wildman–Crippen LogP) is 2.12. The van der Waals surface area contributed by atoms with E-state index in [-0.39, 0.29) is 5.60 Å². The molecular formula is C13H16BrNO3. The third-order valence-electron chi connectivity index (χ3n) is 3.05. The zero-order chi connectivity index (χ0) is 13.5. The Labute approximate surface area is 114 Å². The molecule has 1 aromatic carbocycles. The molecule has 0 fully saturated rings. The molecule has 98 valence electrons. The first-order valence-corrected chi connectivity index (χ1v) is 6.57. The molecule has 1 heterocycles. The molecule has 1 aromatic rings. The Kier molecular flexibility index (Phi) is 3.38. The number of rotatable bonds is 3. The minimum absolute atomic E-state index is 0.256. The van der Waals surface area contributed by atoms with Crippen molar-refractivity contribution < 1.29 is 14.6 Å². The van der Waals surface area contributed by atoms with E-state index in [1.165, 1.54) is 0 Å². The van der Waals surface area contributed by atoms with E-state index in [9.17, 15) is 4.79 Å². The smallest absolute Gasteiger partial charge is 0.320 e. The Balaban J connectivity index is 2.35. The first kappa shape index (κ1) is 13.4. The normalized spacial score (nSPS) is 18.0. The molecule has 0 radical (unpaired) electrons. The fourth-order valence-electron chi connectivity index (χ4n) is 2.20. The number of ether oxygens (including phenoxy) is 1. The molecule has 5 heteroatoms. The highest BCUT2D eigenvalue weighted by molar-refractivity contribution is 9.10. The highest BCUT2D eigenvalue weighted by atomic mass is 79.9. The molecule has 0 saturated carbocycles. The number of aliphatic carboxylic acids is 1. The standard InChI is InChI=1S/C13H16BrNO3/c1-13(2)6-8-7(5-10(15)12(16)17)3-4-9(14)11(8)18-13/h3-4,10H,5-6,15H2,1-2H3,(H,16,17). The van der Waals surface area contributed by atoms with Crippen LogP contribution in [0.1, 0.15) is 25.0 Å². The lowest BCUT2D eigenvalue weighted by atomic mass is 9.94. The van der Waals surface area contributed by atoms with Crippen molar-refractivity contribution in [1.82, 2.24) is 0 Å². The topological polar surface area (TPSA) is 72.6 Å². The number of carboxylic acid groups (broad SMARTS) is 1. The Morgan fingerprint density at radius 3 is 2.89 bits per heavy atom. The number of fused-ring (bicyclic) bond motifs is 1. The lowest BCUT2D eigenvalue weighted by Crippen LogP contribution is -2.32. The van der Waals surface area contributed by atoms with Crippen molar-refractivity contribution in [2.45, 2.75) is 38.3 Å². The van der Waals surface area contributed by atoms with Crippen molar-refractivity contribution in [3.63, 3.8) is 0 Å². The van der Waals surface area contributed by atoms with Crippen LogP contribution in [-0.2, 0) is 17.6 Å². The third-order valence-corrected chi connectivity index (χ3v) is 3.67. The van der Waals surface area contributed by atoms with Crippen LogP contribution in [-0.4, -0.2) is 22.7 Å². The van der Waals surface area contributed by atoms with Crippen molar-refractivity contribution in [1.29, 1.82) is 0 Å². The van der Waals surface area contributed by atoms with Crippen LogP contribution in [0.2, 0.25) is 0 Å². The molecule has 1 atom stereocenters. The quantitative estimate of drug-likeness (QED) is 0.896. The van der Waals surface area contributed by atoms with E-state index < -0.39 is 12.0 Å². The van der Waals surface area contributed by atoms with Gasteiger partial charge in [-0.2, -0.15) is 0 Å². The van der Waals surface area contributed by atoms with Crippen LogP contribution in [0.4, 0.5) is 0 Å². The molecule has 1 aliphatic heterocycles. The van der Waals surface area contributed by atoms with Gasteiger partial charge in [-0.25, -0.2) is 0 Å². The van der Waals surface area contributed by atoms with Gasteiger partial charge in [0.15, 0.2) is 0 Å². The minimum Gasteiger partial charge on any atom is -0.486 e. The molecular weight excluding hydrogens is 298 g/mol. The second kappa shape index (κ2) is 4.55. The lowest BCUT2D eigenvalue weighted by molar-refractivity contribution is -0.138. The molecule has 0 aromatic heterocycles. The van der Waals surface area contributed by atoms with E-state index in [0.29, 0.717) is 6.42 Å². The molecule has 1 aliphatic rings. The average Bonchev–Trinajstić information content (AvgIpc) is 2.59. The Morgan fingerprint density at radius 1 is 1.61 bits per heavy atom. The second-order valence-electron chi connectivity index (χ2n) is 5.20. The van der Waals surface area contributed by atoms with Crippen molar-refractivity contribution in [3.05, 3.63) is 27.7 Å². The molecule has 0 saturated heterocycles. The maximum absolute atomic E-state index is 10.8. The maximum Gasteiger partial charge on any atom is 0.320 e. The van der Waals surface area contributed by atoms with Gasteiger partial charge in [-0.15, -0.1) is 0 Å². The van der Waals surface area contributed by atoms with Gasteiger partial charge in [-0.1, -0.05) is 6.07 Å². The summed E-state index contributed by atoms with van der Waals surface area (Å²) >= 11 is 3.46. The van der Waals surface area contributed by atoms with Crippen LogP contribution in [0.5, 0.6) is 5.75 Å². The van der Waals surface area contributed by atoms with Gasteiger partial charge in [0, 0.05) is 12.0 Å². The number of carbonyl (C=O) groups is 1. The van der Waals surface area contributed by atoms with Gasteiger partial charge in [0.25, 0.3) is 0 Å².